The quantitative estimate of drug-likeness (QED) is 0.0780. The molecule has 3 rings (SSSR count). The van der Waals surface area contributed by atoms with Crippen LogP contribution in [0.3, 0.4) is 0 Å². The molecule has 42 heavy (non-hydrogen) atoms. The number of nitrogens with two attached hydrogens (primary N) is 1. The molecule has 1 aliphatic heterocycles. The molecule has 0 aromatic heterocycles. The average molecular weight is 615 g/mol. The van der Waals surface area contributed by atoms with Gasteiger partial charge in [0, 0.05) is 10.6 Å². The molecular weight excluding hydrogens is 564 g/mol. The van der Waals surface area contributed by atoms with Gasteiger partial charge in [-0.05, 0) is 25.0 Å². The highest BCUT2D eigenvalue weighted by atomic mass is 35.5. The minimum Gasteiger partial charge on any atom is -0.492 e. The number of para-hydroxylation sites is 1. The lowest BCUT2D eigenvalue weighted by Gasteiger charge is -2.20. The van der Waals surface area contributed by atoms with Crippen LogP contribution in [0.25, 0.3) is 0 Å². The van der Waals surface area contributed by atoms with Crippen LogP contribution in [0.2, 0.25) is 5.02 Å². The van der Waals surface area contributed by atoms with E-state index in [1.807, 2.05) is 24.3 Å². The molecule has 0 saturated carbocycles. The summed E-state index contributed by atoms with van der Waals surface area (Å²) in [5, 5.41) is 20.6. The van der Waals surface area contributed by atoms with Gasteiger partial charge in [0.1, 0.15) is 22.4 Å². The zero-order valence-corrected chi connectivity index (χ0v) is 27.3. The van der Waals surface area contributed by atoms with Crippen molar-refractivity contribution in [2.75, 3.05) is 18.9 Å². The molecule has 0 atom stereocenters. The zero-order chi connectivity index (χ0) is 30.2. The van der Waals surface area contributed by atoms with Crippen LogP contribution < -0.4 is 20.5 Å². The maximum absolute atomic E-state index is 8.69. The summed E-state index contributed by atoms with van der Waals surface area (Å²) in [5.41, 5.74) is 8.02. The number of fused-ring (bicyclic) bond motifs is 1. The molecular formula is C34H51ClN4O2S. The Labute approximate surface area is 262 Å². The Morgan fingerprint density at radius 1 is 0.690 bits per heavy atom. The van der Waals surface area contributed by atoms with Crippen molar-refractivity contribution in [3.8, 4) is 11.5 Å². The number of nitrogens with one attached hydrogen (secondary N) is 3. The normalized spacial score (nSPS) is 12.5. The molecule has 2 aromatic carbocycles. The molecule has 0 fully saturated rings. The van der Waals surface area contributed by atoms with Gasteiger partial charge in [-0.1, -0.05) is 139 Å². The van der Waals surface area contributed by atoms with Gasteiger partial charge >= 0.3 is 0 Å². The number of rotatable bonds is 22. The van der Waals surface area contributed by atoms with Crippen LogP contribution in [0, 0.1) is 10.8 Å². The molecule has 0 unspecified atom stereocenters. The summed E-state index contributed by atoms with van der Waals surface area (Å²) in [6, 6.07) is 7.67. The van der Waals surface area contributed by atoms with Crippen LogP contribution in [0.1, 0.15) is 128 Å². The summed E-state index contributed by atoms with van der Waals surface area (Å²) in [6.07, 6.45) is 19.3. The maximum Gasteiger partial charge on any atom is 0.150 e. The van der Waals surface area contributed by atoms with Crippen LogP contribution in [0.4, 0.5) is 5.69 Å². The molecule has 0 radical (unpaired) electrons. The van der Waals surface area contributed by atoms with Crippen molar-refractivity contribution in [3.05, 3.63) is 40.4 Å². The van der Waals surface area contributed by atoms with Crippen molar-refractivity contribution < 1.29 is 9.47 Å². The first kappa shape index (κ1) is 34.1. The third kappa shape index (κ3) is 10.1. The van der Waals surface area contributed by atoms with E-state index >= 15 is 0 Å². The maximum atomic E-state index is 8.69. The number of halogens is 1. The third-order valence-electron chi connectivity index (χ3n) is 7.68. The number of amidine groups is 2. The molecule has 6 nitrogen and oxygen atoms in total. The van der Waals surface area contributed by atoms with Gasteiger partial charge in [0.2, 0.25) is 0 Å². The van der Waals surface area contributed by atoms with E-state index < -0.39 is 0 Å². The Balaban J connectivity index is 1.76. The summed E-state index contributed by atoms with van der Waals surface area (Å²) in [6.45, 7) is 5.52. The van der Waals surface area contributed by atoms with E-state index in [2.05, 4.69) is 19.2 Å². The van der Waals surface area contributed by atoms with E-state index in [1.54, 1.807) is 0 Å². The first-order valence-corrected chi connectivity index (χ1v) is 17.3. The first-order valence-electron chi connectivity index (χ1n) is 16.1. The van der Waals surface area contributed by atoms with Gasteiger partial charge in [-0.25, -0.2) is 0 Å². The molecule has 2 aromatic rings. The average Bonchev–Trinajstić information content (AvgIpc) is 3.27. The molecule has 1 heterocycles. The second kappa shape index (κ2) is 19.0. The minimum atomic E-state index is 0.121. The molecule has 0 saturated heterocycles. The standard InChI is InChI=1S/C34H51ClN4O2S/c1-3-5-7-9-11-13-15-19-23-40-30-27-28(34(38)39-33(27)37)31(41-24-20-16-14-12-10-8-6-4-2)32(29(30)35)42-26-22-18-17-21-25(26)36/h17-18,21-22H,3-16,19-20,23-24,36H2,1-2H3,(H3,37,38,39). The van der Waals surface area contributed by atoms with Crippen molar-refractivity contribution in [2.24, 2.45) is 0 Å². The van der Waals surface area contributed by atoms with Crippen molar-refractivity contribution in [2.45, 2.75) is 126 Å². The second-order valence-electron chi connectivity index (χ2n) is 11.2. The van der Waals surface area contributed by atoms with Crippen LogP contribution in [-0.2, 0) is 0 Å². The number of hydrogen-bond donors (Lipinski definition) is 4. The van der Waals surface area contributed by atoms with Crippen molar-refractivity contribution >= 4 is 40.7 Å². The topological polar surface area (TPSA) is 104 Å². The highest BCUT2D eigenvalue weighted by Crippen LogP contribution is 2.51. The molecule has 5 N–H and O–H groups in total. The summed E-state index contributed by atoms with van der Waals surface area (Å²) < 4.78 is 12.7. The Kier molecular flexibility index (Phi) is 15.4. The molecule has 0 bridgehead atoms. The van der Waals surface area contributed by atoms with Crippen LogP contribution in [0.15, 0.2) is 34.1 Å². The van der Waals surface area contributed by atoms with Gasteiger partial charge in [-0.2, -0.15) is 0 Å². The Hall–Kier alpha value is -2.38. The largest absolute Gasteiger partial charge is 0.492 e. The smallest absolute Gasteiger partial charge is 0.150 e. The van der Waals surface area contributed by atoms with Gasteiger partial charge in [0.15, 0.2) is 5.75 Å². The Bertz CT molecular complexity index is 1160. The Morgan fingerprint density at radius 3 is 1.67 bits per heavy atom. The van der Waals surface area contributed by atoms with E-state index in [0.717, 1.165) is 30.6 Å². The monoisotopic (exact) mass is 614 g/mol. The fourth-order valence-electron chi connectivity index (χ4n) is 5.25. The van der Waals surface area contributed by atoms with Gasteiger partial charge in [0.25, 0.3) is 0 Å². The lowest BCUT2D eigenvalue weighted by Crippen LogP contribution is -2.20. The number of unbranched alkanes of at least 4 members (excludes halogenated alkanes) is 14. The highest BCUT2D eigenvalue weighted by molar-refractivity contribution is 7.99. The number of nitrogen functional groups attached to an aromatic ring is 1. The van der Waals surface area contributed by atoms with Crippen LogP contribution in [-0.4, -0.2) is 24.9 Å². The number of hydrogen-bond acceptors (Lipinski definition) is 6. The van der Waals surface area contributed by atoms with E-state index in [4.69, 9.17) is 37.6 Å². The first-order chi connectivity index (χ1) is 20.5. The molecule has 1 aliphatic rings. The molecule has 0 spiro atoms. The fourth-order valence-corrected chi connectivity index (χ4v) is 6.59. The second-order valence-corrected chi connectivity index (χ2v) is 12.6. The van der Waals surface area contributed by atoms with Crippen LogP contribution in [0.5, 0.6) is 11.5 Å². The summed E-state index contributed by atoms with van der Waals surface area (Å²) in [4.78, 5) is 1.54. The van der Waals surface area contributed by atoms with Crippen molar-refractivity contribution in [1.29, 1.82) is 10.8 Å². The summed E-state index contributed by atoms with van der Waals surface area (Å²) in [5.74, 6) is 1.24. The molecule has 0 amide bonds. The highest BCUT2D eigenvalue weighted by Gasteiger charge is 2.35. The van der Waals surface area contributed by atoms with Crippen molar-refractivity contribution in [3.63, 3.8) is 0 Å². The van der Waals surface area contributed by atoms with E-state index in [9.17, 15) is 0 Å². The lowest BCUT2D eigenvalue weighted by atomic mass is 10.1. The van der Waals surface area contributed by atoms with Crippen LogP contribution >= 0.6 is 23.4 Å². The van der Waals surface area contributed by atoms with Gasteiger partial charge in [-0.3, -0.25) is 10.8 Å². The molecule has 0 aliphatic carbocycles. The van der Waals surface area contributed by atoms with E-state index in [-0.39, 0.29) is 11.7 Å². The number of ether oxygens (including phenoxy) is 2. The minimum absolute atomic E-state index is 0.121. The molecule has 8 heteroatoms. The molecule has 232 valence electrons. The fraction of sp³-hybridized carbons (Fsp3) is 0.588. The van der Waals surface area contributed by atoms with Crippen molar-refractivity contribution in [1.82, 2.24) is 5.32 Å². The van der Waals surface area contributed by atoms with E-state index in [0.29, 0.717) is 51.4 Å². The Morgan fingerprint density at radius 2 is 1.14 bits per heavy atom. The zero-order valence-electron chi connectivity index (χ0n) is 25.7. The SMILES string of the molecule is CCCCCCCCCCOc1c(Cl)c(Sc2ccccc2N)c(OCCCCCCCCCC)c2c1C(=N)NC2=N. The lowest BCUT2D eigenvalue weighted by molar-refractivity contribution is 0.290. The number of benzene rings is 2. The van der Waals surface area contributed by atoms with Gasteiger partial charge < -0.3 is 20.5 Å². The van der Waals surface area contributed by atoms with Gasteiger partial charge in [0.05, 0.1) is 29.2 Å². The predicted octanol–water partition coefficient (Wildman–Crippen LogP) is 10.4. The third-order valence-corrected chi connectivity index (χ3v) is 9.34. The predicted molar refractivity (Wildman–Crippen MR) is 179 cm³/mol. The summed E-state index contributed by atoms with van der Waals surface area (Å²) in [7, 11) is 0. The van der Waals surface area contributed by atoms with E-state index in [1.165, 1.54) is 88.8 Å². The summed E-state index contributed by atoms with van der Waals surface area (Å²) >= 11 is 8.52. The van der Waals surface area contributed by atoms with Gasteiger partial charge in [-0.15, -0.1) is 0 Å². The number of anilines is 1.